The van der Waals surface area contributed by atoms with Gasteiger partial charge in [-0.3, -0.25) is 0 Å². The van der Waals surface area contributed by atoms with Gasteiger partial charge in [-0.1, -0.05) is 26.7 Å². The summed E-state index contributed by atoms with van der Waals surface area (Å²) < 4.78 is 0. The Morgan fingerprint density at radius 2 is 1.73 bits per heavy atom. The van der Waals surface area contributed by atoms with Crippen LogP contribution in [0.2, 0.25) is 0 Å². The minimum Gasteiger partial charge on any atom is -0.213 e. The van der Waals surface area contributed by atoms with E-state index in [1.165, 1.54) is 18.4 Å². The summed E-state index contributed by atoms with van der Waals surface area (Å²) in [6.45, 7) is 4.53. The maximum atomic E-state index is 2.27. The Kier molecular flexibility index (Phi) is 5.95. The Hall–Kier alpha value is 0.233. The van der Waals surface area contributed by atoms with E-state index < -0.39 is 0 Å². The first-order chi connectivity index (χ1) is 4.79. The van der Waals surface area contributed by atoms with E-state index in [0.29, 0.717) is 0 Å². The maximum absolute atomic E-state index is 2.27. The molecular formula is C10H15Zr-. The van der Waals surface area contributed by atoms with Gasteiger partial charge in [-0.25, -0.2) is 12.1 Å². The van der Waals surface area contributed by atoms with Crippen molar-refractivity contribution in [1.82, 2.24) is 0 Å². The smallest absolute Gasteiger partial charge is 0 e. The van der Waals surface area contributed by atoms with Crippen molar-refractivity contribution in [3.63, 3.8) is 0 Å². The molecule has 0 bridgehead atoms. The predicted molar refractivity (Wildman–Crippen MR) is 45.2 cm³/mol. The third kappa shape index (κ3) is 4.64. The van der Waals surface area contributed by atoms with Crippen molar-refractivity contribution in [1.29, 1.82) is 0 Å². The standard InChI is InChI=1S/C10H15.Zr/c1-9(2)7-8-10-5-3-4-6-10;/h3-6,9H,7-8H2,1-2H3;/q-1;. The third-order valence-electron chi connectivity index (χ3n) is 1.74. The quantitative estimate of drug-likeness (QED) is 0.695. The predicted octanol–water partition coefficient (Wildman–Crippen LogP) is 2.99. The summed E-state index contributed by atoms with van der Waals surface area (Å²) >= 11 is 0. The fraction of sp³-hybridized carbons (Fsp3) is 0.500. The fourth-order valence-corrected chi connectivity index (χ4v) is 1.04. The van der Waals surface area contributed by atoms with Crippen molar-refractivity contribution in [3.8, 4) is 0 Å². The van der Waals surface area contributed by atoms with Crippen LogP contribution < -0.4 is 0 Å². The molecule has 0 fully saturated rings. The maximum Gasteiger partial charge on any atom is 0 e. The van der Waals surface area contributed by atoms with Crippen LogP contribution in [0.15, 0.2) is 24.3 Å². The minimum absolute atomic E-state index is 0. The molecule has 0 aliphatic rings. The van der Waals surface area contributed by atoms with Crippen LogP contribution in [0.25, 0.3) is 0 Å². The molecule has 1 aromatic carbocycles. The van der Waals surface area contributed by atoms with Crippen LogP contribution in [0, 0.1) is 5.92 Å². The van der Waals surface area contributed by atoms with Gasteiger partial charge in [0.2, 0.25) is 0 Å². The molecule has 0 aromatic heterocycles. The van der Waals surface area contributed by atoms with Gasteiger partial charge in [0.15, 0.2) is 0 Å². The van der Waals surface area contributed by atoms with E-state index in [9.17, 15) is 0 Å². The van der Waals surface area contributed by atoms with Crippen LogP contribution in [-0.4, -0.2) is 0 Å². The Morgan fingerprint density at radius 3 is 2.18 bits per heavy atom. The van der Waals surface area contributed by atoms with Crippen molar-refractivity contribution in [3.05, 3.63) is 29.8 Å². The SMILES string of the molecule is CC(C)CC[c-]1cccc1.[Zr]. The molecule has 60 valence electrons. The van der Waals surface area contributed by atoms with E-state index in [4.69, 9.17) is 0 Å². The van der Waals surface area contributed by atoms with E-state index in [0.717, 1.165) is 5.92 Å². The molecule has 11 heavy (non-hydrogen) atoms. The van der Waals surface area contributed by atoms with Gasteiger partial charge in [0.25, 0.3) is 0 Å². The number of aryl methyl sites for hydroxylation is 1. The first kappa shape index (κ1) is 11.2. The third-order valence-corrected chi connectivity index (χ3v) is 1.74. The topological polar surface area (TPSA) is 0 Å². The summed E-state index contributed by atoms with van der Waals surface area (Å²) in [6, 6.07) is 8.61. The molecule has 0 saturated heterocycles. The van der Waals surface area contributed by atoms with Gasteiger partial charge in [0.1, 0.15) is 0 Å². The molecule has 0 unspecified atom stereocenters. The zero-order chi connectivity index (χ0) is 7.40. The van der Waals surface area contributed by atoms with E-state index in [1.807, 2.05) is 0 Å². The van der Waals surface area contributed by atoms with Crippen molar-refractivity contribution >= 4 is 0 Å². The van der Waals surface area contributed by atoms with Gasteiger partial charge < -0.3 is 0 Å². The Bertz CT molecular complexity index is 163. The monoisotopic (exact) mass is 225 g/mol. The Labute approximate surface area is 88.5 Å². The molecular weight excluding hydrogens is 211 g/mol. The molecule has 0 amide bonds. The van der Waals surface area contributed by atoms with Crippen LogP contribution in [0.5, 0.6) is 0 Å². The summed E-state index contributed by atoms with van der Waals surface area (Å²) in [5, 5.41) is 0. The first-order valence-corrected chi connectivity index (χ1v) is 3.99. The molecule has 0 nitrogen and oxygen atoms in total. The Balaban J connectivity index is 0.000001000. The average molecular weight is 226 g/mol. The Morgan fingerprint density at radius 1 is 1.18 bits per heavy atom. The van der Waals surface area contributed by atoms with Crippen LogP contribution in [-0.2, 0) is 32.6 Å². The van der Waals surface area contributed by atoms with Crippen LogP contribution >= 0.6 is 0 Å². The van der Waals surface area contributed by atoms with Gasteiger partial charge in [-0.15, -0.1) is 0 Å². The van der Waals surface area contributed by atoms with E-state index in [2.05, 4.69) is 38.1 Å². The number of hydrogen-bond acceptors (Lipinski definition) is 0. The zero-order valence-electron chi connectivity index (χ0n) is 7.30. The normalized spacial score (nSPS) is 9.73. The molecule has 0 atom stereocenters. The summed E-state index contributed by atoms with van der Waals surface area (Å²) in [5.74, 6) is 0.829. The fourth-order valence-electron chi connectivity index (χ4n) is 1.04. The van der Waals surface area contributed by atoms with Crippen LogP contribution in [0.3, 0.4) is 0 Å². The first-order valence-electron chi connectivity index (χ1n) is 3.99. The molecule has 0 saturated carbocycles. The second kappa shape index (κ2) is 5.83. The molecule has 0 aliphatic carbocycles. The second-order valence-corrected chi connectivity index (χ2v) is 3.23. The summed E-state index contributed by atoms with van der Waals surface area (Å²) in [7, 11) is 0. The molecule has 1 rings (SSSR count). The van der Waals surface area contributed by atoms with Gasteiger partial charge in [-0.2, -0.15) is 17.7 Å². The zero-order valence-corrected chi connectivity index (χ0v) is 9.76. The number of rotatable bonds is 3. The van der Waals surface area contributed by atoms with Crippen molar-refractivity contribution < 1.29 is 26.2 Å². The molecule has 1 heteroatoms. The van der Waals surface area contributed by atoms with E-state index in [1.54, 1.807) is 0 Å². The molecule has 0 heterocycles. The second-order valence-electron chi connectivity index (χ2n) is 3.23. The van der Waals surface area contributed by atoms with Crippen molar-refractivity contribution in [2.24, 2.45) is 5.92 Å². The summed E-state index contributed by atoms with van der Waals surface area (Å²) in [4.78, 5) is 0. The average Bonchev–Trinajstić information content (AvgIpc) is 2.34. The van der Waals surface area contributed by atoms with Gasteiger partial charge in [0, 0.05) is 26.2 Å². The molecule has 0 spiro atoms. The molecule has 0 N–H and O–H groups in total. The largest absolute Gasteiger partial charge is 0.213 e. The van der Waals surface area contributed by atoms with Crippen molar-refractivity contribution in [2.75, 3.05) is 0 Å². The van der Waals surface area contributed by atoms with Gasteiger partial charge in [-0.05, 0) is 5.92 Å². The van der Waals surface area contributed by atoms with Crippen LogP contribution in [0.1, 0.15) is 25.8 Å². The molecule has 0 radical (unpaired) electrons. The van der Waals surface area contributed by atoms with Crippen LogP contribution in [0.4, 0.5) is 0 Å². The summed E-state index contributed by atoms with van der Waals surface area (Å²) in [5.41, 5.74) is 1.48. The van der Waals surface area contributed by atoms with Gasteiger partial charge in [0.05, 0.1) is 0 Å². The van der Waals surface area contributed by atoms with E-state index >= 15 is 0 Å². The molecule has 1 aromatic rings. The molecule has 0 aliphatic heterocycles. The van der Waals surface area contributed by atoms with Crippen molar-refractivity contribution in [2.45, 2.75) is 26.7 Å². The number of hydrogen-bond donors (Lipinski definition) is 0. The van der Waals surface area contributed by atoms with E-state index in [-0.39, 0.29) is 26.2 Å². The summed E-state index contributed by atoms with van der Waals surface area (Å²) in [6.07, 6.45) is 2.55. The minimum atomic E-state index is 0. The van der Waals surface area contributed by atoms with Gasteiger partial charge >= 0.3 is 0 Å².